The number of halogens is 1. The van der Waals surface area contributed by atoms with Gasteiger partial charge in [-0.25, -0.2) is 9.18 Å². The third-order valence-corrected chi connectivity index (χ3v) is 7.58. The molecule has 2 heterocycles. The van der Waals surface area contributed by atoms with Gasteiger partial charge in [0.25, 0.3) is 5.91 Å². The second-order valence-corrected chi connectivity index (χ2v) is 9.61. The monoisotopic (exact) mass is 456 g/mol. The molecule has 2 fully saturated rings. The number of hydrogen-bond acceptors (Lipinski definition) is 5. The van der Waals surface area contributed by atoms with Gasteiger partial charge in [0.05, 0.1) is 0 Å². The van der Waals surface area contributed by atoms with E-state index in [2.05, 4.69) is 5.32 Å². The van der Waals surface area contributed by atoms with E-state index in [1.807, 2.05) is 32.9 Å². The summed E-state index contributed by atoms with van der Waals surface area (Å²) in [7, 11) is 0. The summed E-state index contributed by atoms with van der Waals surface area (Å²) in [6.45, 7) is 5.37. The average Bonchev–Trinajstić information content (AvgIpc) is 3.28. The number of benzene rings is 2. The SMILES string of the molecule is Cc1cc(C)c(NC(=O)COC(=O)[C@H]2CS[C@@]3(c4ccc(F)cc4)CCC(=O)N23)c(C)c1. The van der Waals surface area contributed by atoms with Crippen LogP contribution < -0.4 is 5.32 Å². The van der Waals surface area contributed by atoms with E-state index in [1.165, 1.54) is 23.9 Å². The van der Waals surface area contributed by atoms with Gasteiger partial charge in [-0.2, -0.15) is 0 Å². The van der Waals surface area contributed by atoms with Crippen molar-refractivity contribution < 1.29 is 23.5 Å². The van der Waals surface area contributed by atoms with Crippen LogP contribution in [0.2, 0.25) is 0 Å². The number of aryl methyl sites for hydroxylation is 3. The minimum absolute atomic E-state index is 0.142. The Bertz CT molecular complexity index is 1060. The molecule has 2 aromatic rings. The smallest absolute Gasteiger partial charge is 0.330 e. The van der Waals surface area contributed by atoms with E-state index in [1.54, 1.807) is 17.0 Å². The van der Waals surface area contributed by atoms with Gasteiger partial charge in [0.15, 0.2) is 6.61 Å². The summed E-state index contributed by atoms with van der Waals surface area (Å²) in [6, 6.07) is 9.18. The van der Waals surface area contributed by atoms with E-state index in [4.69, 9.17) is 4.74 Å². The zero-order valence-electron chi connectivity index (χ0n) is 18.2. The van der Waals surface area contributed by atoms with Crippen LogP contribution in [0.25, 0.3) is 0 Å². The third kappa shape index (κ3) is 3.99. The fourth-order valence-corrected chi connectivity index (χ4v) is 6.25. The van der Waals surface area contributed by atoms with Crippen LogP contribution in [0.4, 0.5) is 10.1 Å². The van der Waals surface area contributed by atoms with Crippen LogP contribution in [0, 0.1) is 26.6 Å². The maximum absolute atomic E-state index is 13.4. The second kappa shape index (κ2) is 8.58. The van der Waals surface area contributed by atoms with Crippen molar-refractivity contribution in [2.24, 2.45) is 0 Å². The zero-order chi connectivity index (χ0) is 23.0. The summed E-state index contributed by atoms with van der Waals surface area (Å²) in [4.78, 5) is 38.7. The van der Waals surface area contributed by atoms with Crippen LogP contribution >= 0.6 is 11.8 Å². The summed E-state index contributed by atoms with van der Waals surface area (Å²) < 4.78 is 18.7. The van der Waals surface area contributed by atoms with Gasteiger partial charge in [0.1, 0.15) is 16.7 Å². The first-order valence-corrected chi connectivity index (χ1v) is 11.5. The molecule has 2 saturated heterocycles. The quantitative estimate of drug-likeness (QED) is 0.693. The van der Waals surface area contributed by atoms with Gasteiger partial charge in [-0.15, -0.1) is 11.8 Å². The van der Waals surface area contributed by atoms with Gasteiger partial charge in [-0.3, -0.25) is 9.59 Å². The molecule has 0 aromatic heterocycles. The van der Waals surface area contributed by atoms with Gasteiger partial charge < -0.3 is 15.0 Å². The molecule has 4 rings (SSSR count). The highest BCUT2D eigenvalue weighted by atomic mass is 32.2. The molecule has 0 radical (unpaired) electrons. The van der Waals surface area contributed by atoms with Crippen molar-refractivity contribution in [3.05, 3.63) is 64.5 Å². The van der Waals surface area contributed by atoms with Crippen LogP contribution in [0.3, 0.4) is 0 Å². The molecule has 6 nitrogen and oxygen atoms in total. The maximum atomic E-state index is 13.4. The molecule has 1 N–H and O–H groups in total. The van der Waals surface area contributed by atoms with Gasteiger partial charge in [-0.05, 0) is 56.0 Å². The Hall–Kier alpha value is -2.87. The minimum Gasteiger partial charge on any atom is -0.454 e. The fourth-order valence-electron chi connectivity index (χ4n) is 4.61. The van der Waals surface area contributed by atoms with E-state index < -0.39 is 29.4 Å². The maximum Gasteiger partial charge on any atom is 0.330 e. The molecule has 168 valence electrons. The minimum atomic E-state index is -0.782. The summed E-state index contributed by atoms with van der Waals surface area (Å²) in [5, 5.41) is 2.81. The molecule has 2 amide bonds. The Balaban J connectivity index is 1.43. The van der Waals surface area contributed by atoms with Crippen LogP contribution in [0.1, 0.15) is 35.1 Å². The van der Waals surface area contributed by atoms with Crippen molar-refractivity contribution >= 4 is 35.2 Å². The Labute approximate surface area is 190 Å². The number of rotatable bonds is 5. The summed E-state index contributed by atoms with van der Waals surface area (Å²) in [6.07, 6.45) is 0.846. The normalized spacial score (nSPS) is 22.1. The van der Waals surface area contributed by atoms with Crippen LogP contribution in [0.15, 0.2) is 36.4 Å². The van der Waals surface area contributed by atoms with Gasteiger partial charge >= 0.3 is 5.97 Å². The molecule has 2 aliphatic rings. The molecule has 32 heavy (non-hydrogen) atoms. The van der Waals surface area contributed by atoms with Crippen molar-refractivity contribution in [2.45, 2.75) is 44.5 Å². The van der Waals surface area contributed by atoms with Gasteiger partial charge in [-0.1, -0.05) is 29.8 Å². The highest BCUT2D eigenvalue weighted by molar-refractivity contribution is 8.00. The molecule has 0 spiro atoms. The van der Waals surface area contributed by atoms with Crippen LogP contribution in [-0.4, -0.2) is 41.1 Å². The van der Waals surface area contributed by atoms with Gasteiger partial charge in [0.2, 0.25) is 5.91 Å². The lowest BCUT2D eigenvalue weighted by molar-refractivity contribution is -0.155. The number of anilines is 1. The van der Waals surface area contributed by atoms with Crippen molar-refractivity contribution in [2.75, 3.05) is 17.7 Å². The van der Waals surface area contributed by atoms with Crippen molar-refractivity contribution in [1.82, 2.24) is 4.90 Å². The number of nitrogens with zero attached hydrogens (tertiary/aromatic N) is 1. The average molecular weight is 457 g/mol. The lowest BCUT2D eigenvalue weighted by atomic mass is 10.0. The lowest BCUT2D eigenvalue weighted by Gasteiger charge is -2.33. The standard InChI is InChI=1S/C24H25FN2O4S/c1-14-10-15(2)22(16(3)11-14)26-20(28)12-31-23(30)19-13-32-24(9-8-21(29)27(19)24)17-4-6-18(25)7-5-17/h4-7,10-11,19H,8-9,12-13H2,1-3H3,(H,26,28)/t19-,24-/m1/s1. The topological polar surface area (TPSA) is 75.7 Å². The fraction of sp³-hybridized carbons (Fsp3) is 0.375. The molecule has 2 atom stereocenters. The van der Waals surface area contributed by atoms with Crippen molar-refractivity contribution in [3.8, 4) is 0 Å². The first-order chi connectivity index (χ1) is 15.2. The molecular weight excluding hydrogens is 431 g/mol. The van der Waals surface area contributed by atoms with Crippen molar-refractivity contribution in [1.29, 1.82) is 0 Å². The Morgan fingerprint density at radius 2 is 1.84 bits per heavy atom. The first-order valence-electron chi connectivity index (χ1n) is 10.5. The number of hydrogen-bond donors (Lipinski definition) is 1. The second-order valence-electron chi connectivity index (χ2n) is 8.31. The van der Waals surface area contributed by atoms with Crippen molar-refractivity contribution in [3.63, 3.8) is 0 Å². The first kappa shape index (κ1) is 22.3. The molecule has 0 aliphatic carbocycles. The number of nitrogens with one attached hydrogen (secondary N) is 1. The molecule has 2 aromatic carbocycles. The number of thioether (sulfide) groups is 1. The molecule has 2 aliphatic heterocycles. The Morgan fingerprint density at radius 3 is 2.50 bits per heavy atom. The Morgan fingerprint density at radius 1 is 1.19 bits per heavy atom. The van der Waals surface area contributed by atoms with Crippen LogP contribution in [0.5, 0.6) is 0 Å². The number of carbonyl (C=O) groups excluding carboxylic acids is 3. The van der Waals surface area contributed by atoms with E-state index >= 15 is 0 Å². The van der Waals surface area contributed by atoms with E-state index in [0.29, 0.717) is 24.3 Å². The predicted octanol–water partition coefficient (Wildman–Crippen LogP) is 3.82. The van der Waals surface area contributed by atoms with Crippen LogP contribution in [-0.2, 0) is 24.0 Å². The van der Waals surface area contributed by atoms with E-state index in [0.717, 1.165) is 22.3 Å². The number of amides is 2. The highest BCUT2D eigenvalue weighted by Crippen LogP contribution is 2.54. The molecule has 8 heteroatoms. The molecule has 0 saturated carbocycles. The summed E-state index contributed by atoms with van der Waals surface area (Å²) >= 11 is 1.48. The van der Waals surface area contributed by atoms with E-state index in [9.17, 15) is 18.8 Å². The zero-order valence-corrected chi connectivity index (χ0v) is 19.1. The molecular formula is C24H25FN2O4S. The number of ether oxygens (including phenoxy) is 1. The number of fused-ring (bicyclic) bond motifs is 1. The third-order valence-electron chi connectivity index (χ3n) is 5.98. The number of carbonyl (C=O) groups is 3. The molecule has 0 unspecified atom stereocenters. The highest BCUT2D eigenvalue weighted by Gasteiger charge is 2.57. The van der Waals surface area contributed by atoms with E-state index in [-0.39, 0.29) is 11.7 Å². The van der Waals surface area contributed by atoms with Gasteiger partial charge in [0, 0.05) is 17.9 Å². The predicted molar refractivity (Wildman–Crippen MR) is 121 cm³/mol. The summed E-state index contributed by atoms with van der Waals surface area (Å²) in [5.41, 5.74) is 4.46. The largest absolute Gasteiger partial charge is 0.454 e. The lowest BCUT2D eigenvalue weighted by Crippen LogP contribution is -2.47. The number of esters is 1. The Kier molecular flexibility index (Phi) is 5.99. The molecule has 0 bridgehead atoms. The summed E-state index contributed by atoms with van der Waals surface area (Å²) in [5.74, 6) is -1.18.